The van der Waals surface area contributed by atoms with Gasteiger partial charge in [-0.1, -0.05) is 0 Å². The third-order valence-electron chi connectivity index (χ3n) is 4.52. The van der Waals surface area contributed by atoms with Gasteiger partial charge in [-0.25, -0.2) is 14.4 Å². The second kappa shape index (κ2) is 6.02. The molecule has 4 aromatic rings. The molecule has 10 nitrogen and oxygen atoms in total. The zero-order valence-electron chi connectivity index (χ0n) is 14.6. The Labute approximate surface area is 154 Å². The summed E-state index contributed by atoms with van der Waals surface area (Å²) in [7, 11) is 1.85. The lowest BCUT2D eigenvalue weighted by molar-refractivity contribution is 0.298. The molecule has 1 aliphatic heterocycles. The van der Waals surface area contributed by atoms with Gasteiger partial charge < -0.3 is 15.8 Å². The average Bonchev–Trinajstić information content (AvgIpc) is 3.24. The Bertz CT molecular complexity index is 1130. The Morgan fingerprint density at radius 1 is 1.22 bits per heavy atom. The molecule has 0 radical (unpaired) electrons. The molecule has 136 valence electrons. The molecule has 1 atom stereocenters. The molecule has 5 heterocycles. The van der Waals surface area contributed by atoms with Crippen LogP contribution in [-0.4, -0.2) is 41.0 Å². The number of anilines is 2. The lowest BCUT2D eigenvalue weighted by Gasteiger charge is -2.10. The maximum Gasteiger partial charge on any atom is 0.228 e. The predicted molar refractivity (Wildman–Crippen MR) is 97.5 cm³/mol. The van der Waals surface area contributed by atoms with E-state index >= 15 is 0 Å². The largest absolute Gasteiger partial charge is 0.478 e. The summed E-state index contributed by atoms with van der Waals surface area (Å²) >= 11 is 0. The number of ether oxygens (including phenoxy) is 1. The lowest BCUT2D eigenvalue weighted by atomic mass is 10.2. The van der Waals surface area contributed by atoms with E-state index < -0.39 is 0 Å². The fourth-order valence-corrected chi connectivity index (χ4v) is 3.11. The Balaban J connectivity index is 1.56. The first-order chi connectivity index (χ1) is 13.2. The van der Waals surface area contributed by atoms with E-state index in [1.54, 1.807) is 17.1 Å². The first kappa shape index (κ1) is 15.7. The van der Waals surface area contributed by atoms with Crippen molar-refractivity contribution in [1.82, 2.24) is 34.3 Å². The normalized spacial score (nSPS) is 16.1. The number of rotatable bonds is 3. The number of hydrogen-bond acceptors (Lipinski definition) is 8. The highest BCUT2D eigenvalue weighted by Crippen LogP contribution is 2.30. The lowest BCUT2D eigenvalue weighted by Crippen LogP contribution is -2.13. The number of aromatic nitrogens is 7. The molecule has 1 aliphatic rings. The van der Waals surface area contributed by atoms with Crippen molar-refractivity contribution in [2.24, 2.45) is 12.8 Å². The SMILES string of the molecule is Cn1nccc1Nc1nccc(-c2cc3n4c(nnc4c2)C(N)CCO3)n1. The van der Waals surface area contributed by atoms with E-state index in [1.165, 1.54) is 0 Å². The van der Waals surface area contributed by atoms with Crippen molar-refractivity contribution in [3.63, 3.8) is 0 Å². The monoisotopic (exact) mass is 363 g/mol. The minimum atomic E-state index is -0.194. The van der Waals surface area contributed by atoms with Gasteiger partial charge in [0, 0.05) is 37.4 Å². The first-order valence-electron chi connectivity index (χ1n) is 8.55. The molecule has 5 rings (SSSR count). The van der Waals surface area contributed by atoms with E-state index in [0.29, 0.717) is 36.3 Å². The van der Waals surface area contributed by atoms with E-state index in [0.717, 1.165) is 17.1 Å². The minimum Gasteiger partial charge on any atom is -0.478 e. The summed E-state index contributed by atoms with van der Waals surface area (Å²) in [5, 5.41) is 15.8. The van der Waals surface area contributed by atoms with Gasteiger partial charge >= 0.3 is 0 Å². The average molecular weight is 363 g/mol. The summed E-state index contributed by atoms with van der Waals surface area (Å²) in [6.45, 7) is 0.528. The maximum atomic E-state index is 6.16. The van der Waals surface area contributed by atoms with E-state index in [9.17, 15) is 0 Å². The molecule has 0 aliphatic carbocycles. The van der Waals surface area contributed by atoms with Crippen LogP contribution in [0.1, 0.15) is 18.3 Å². The van der Waals surface area contributed by atoms with E-state index in [1.807, 2.05) is 35.7 Å². The first-order valence-corrected chi connectivity index (χ1v) is 8.55. The Kier molecular flexibility index (Phi) is 3.50. The highest BCUT2D eigenvalue weighted by molar-refractivity contribution is 5.67. The molecular formula is C17H17N9O. The molecule has 0 bridgehead atoms. The highest BCUT2D eigenvalue weighted by atomic mass is 16.5. The van der Waals surface area contributed by atoms with Crippen molar-refractivity contribution >= 4 is 17.4 Å². The topological polar surface area (TPSA) is 121 Å². The second-order valence-corrected chi connectivity index (χ2v) is 6.31. The van der Waals surface area contributed by atoms with Crippen molar-refractivity contribution in [2.75, 3.05) is 11.9 Å². The van der Waals surface area contributed by atoms with Crippen LogP contribution in [0.5, 0.6) is 5.88 Å². The highest BCUT2D eigenvalue weighted by Gasteiger charge is 2.22. The number of nitrogens with two attached hydrogens (primary N) is 1. The molecule has 27 heavy (non-hydrogen) atoms. The summed E-state index contributed by atoms with van der Waals surface area (Å²) in [5.74, 6) is 2.65. The molecular weight excluding hydrogens is 346 g/mol. The van der Waals surface area contributed by atoms with Crippen molar-refractivity contribution < 1.29 is 4.74 Å². The van der Waals surface area contributed by atoms with Crippen molar-refractivity contribution in [3.05, 3.63) is 42.5 Å². The Morgan fingerprint density at radius 2 is 2.15 bits per heavy atom. The maximum absolute atomic E-state index is 6.16. The van der Waals surface area contributed by atoms with Gasteiger partial charge in [0.25, 0.3) is 0 Å². The Morgan fingerprint density at radius 3 is 3.00 bits per heavy atom. The molecule has 0 fully saturated rings. The van der Waals surface area contributed by atoms with Crippen LogP contribution in [0, 0.1) is 0 Å². The third kappa shape index (κ3) is 2.66. The number of nitrogens with zero attached hydrogens (tertiary/aromatic N) is 7. The van der Waals surface area contributed by atoms with Gasteiger partial charge in [0.05, 0.1) is 24.5 Å². The smallest absolute Gasteiger partial charge is 0.228 e. The van der Waals surface area contributed by atoms with Crippen LogP contribution in [-0.2, 0) is 7.05 Å². The van der Waals surface area contributed by atoms with Crippen LogP contribution in [0.3, 0.4) is 0 Å². The summed E-state index contributed by atoms with van der Waals surface area (Å²) in [6, 6.07) is 7.34. The minimum absolute atomic E-state index is 0.194. The van der Waals surface area contributed by atoms with Crippen molar-refractivity contribution in [1.29, 1.82) is 0 Å². The molecule has 4 aromatic heterocycles. The molecule has 0 spiro atoms. The summed E-state index contributed by atoms with van der Waals surface area (Å²) in [4.78, 5) is 8.89. The van der Waals surface area contributed by atoms with Gasteiger partial charge in [0.1, 0.15) is 5.82 Å². The zero-order chi connectivity index (χ0) is 18.4. The number of hydrogen-bond donors (Lipinski definition) is 2. The quantitative estimate of drug-likeness (QED) is 0.561. The van der Waals surface area contributed by atoms with E-state index in [4.69, 9.17) is 10.5 Å². The molecule has 0 amide bonds. The summed E-state index contributed by atoms with van der Waals surface area (Å²) in [5.41, 5.74) is 8.44. The number of aryl methyl sites for hydroxylation is 1. The van der Waals surface area contributed by atoms with Gasteiger partial charge in [-0.05, 0) is 12.1 Å². The predicted octanol–water partition coefficient (Wildman–Crippen LogP) is 1.45. The number of nitrogens with one attached hydrogen (secondary N) is 1. The molecule has 1 unspecified atom stereocenters. The van der Waals surface area contributed by atoms with E-state index in [2.05, 4.69) is 30.6 Å². The fraction of sp³-hybridized carbons (Fsp3) is 0.235. The standard InChI is InChI=1S/C17H17N9O/c1-25-13(3-6-20-25)22-17-19-5-2-12(21-17)10-8-14-23-24-16-11(18)4-7-27-15(9-10)26(14)16/h2-3,5-6,8-9,11H,4,7,18H2,1H3,(H,19,21,22). The summed E-state index contributed by atoms with van der Waals surface area (Å²) in [6.07, 6.45) is 4.10. The number of pyridine rings is 1. The molecule has 10 heteroatoms. The van der Waals surface area contributed by atoms with Crippen LogP contribution in [0.2, 0.25) is 0 Å². The fourth-order valence-electron chi connectivity index (χ4n) is 3.11. The molecule has 0 aromatic carbocycles. The van der Waals surface area contributed by atoms with Crippen molar-refractivity contribution in [2.45, 2.75) is 12.5 Å². The van der Waals surface area contributed by atoms with Crippen LogP contribution < -0.4 is 15.8 Å². The van der Waals surface area contributed by atoms with Gasteiger partial charge in [-0.3, -0.25) is 4.68 Å². The van der Waals surface area contributed by atoms with Crippen LogP contribution in [0.4, 0.5) is 11.8 Å². The third-order valence-corrected chi connectivity index (χ3v) is 4.52. The van der Waals surface area contributed by atoms with Gasteiger partial charge in [-0.2, -0.15) is 5.10 Å². The van der Waals surface area contributed by atoms with Crippen molar-refractivity contribution in [3.8, 4) is 17.1 Å². The van der Waals surface area contributed by atoms with Crippen LogP contribution in [0.15, 0.2) is 36.7 Å². The van der Waals surface area contributed by atoms with Gasteiger partial charge in [0.2, 0.25) is 11.8 Å². The molecule has 0 saturated heterocycles. The van der Waals surface area contributed by atoms with Crippen LogP contribution in [0.25, 0.3) is 16.9 Å². The molecule has 0 saturated carbocycles. The van der Waals surface area contributed by atoms with Gasteiger partial charge in [0.15, 0.2) is 11.5 Å². The van der Waals surface area contributed by atoms with Crippen LogP contribution >= 0.6 is 0 Å². The van der Waals surface area contributed by atoms with Gasteiger partial charge in [-0.15, -0.1) is 10.2 Å². The zero-order valence-corrected chi connectivity index (χ0v) is 14.6. The summed E-state index contributed by atoms with van der Waals surface area (Å²) < 4.78 is 9.45. The van der Waals surface area contributed by atoms with E-state index in [-0.39, 0.29) is 6.04 Å². The Hall–Kier alpha value is -3.53. The second-order valence-electron chi connectivity index (χ2n) is 6.31. The molecule has 3 N–H and O–H groups in total.